The van der Waals surface area contributed by atoms with Gasteiger partial charge in [0.15, 0.2) is 0 Å². The quantitative estimate of drug-likeness (QED) is 0.431. The molecule has 3 heteroatoms. The van der Waals surface area contributed by atoms with Crippen LogP contribution < -0.4 is 17.0 Å². The van der Waals surface area contributed by atoms with E-state index in [2.05, 4.69) is 11.8 Å². The van der Waals surface area contributed by atoms with E-state index >= 15 is 0 Å². The lowest BCUT2D eigenvalue weighted by Gasteiger charge is -2.50. The molecule has 2 bridgehead atoms. The summed E-state index contributed by atoms with van der Waals surface area (Å²) in [7, 11) is 0. The summed E-state index contributed by atoms with van der Waals surface area (Å²) in [6, 6.07) is 0. The fraction of sp³-hybridized carbons (Fsp3) is 1.00. The molecular weight excluding hydrogens is 204 g/mol. The van der Waals surface area contributed by atoms with Crippen molar-refractivity contribution >= 4 is 0 Å². The third kappa shape index (κ3) is 1.60. The number of piperazine rings is 3. The van der Waals surface area contributed by atoms with Gasteiger partial charge in [-0.2, -0.15) is 0 Å². The normalized spacial score (nSPS) is 41.7. The Labute approximate surface area is 79.5 Å². The van der Waals surface area contributed by atoms with Gasteiger partial charge < -0.3 is 21.5 Å². The van der Waals surface area contributed by atoms with Crippen LogP contribution in [-0.4, -0.2) is 55.2 Å². The molecule has 0 aromatic carbocycles. The highest BCUT2D eigenvalue weighted by molar-refractivity contribution is 4.69. The van der Waals surface area contributed by atoms with E-state index in [-0.39, 0.29) is 17.0 Å². The highest BCUT2D eigenvalue weighted by Crippen LogP contribution is 2.18. The summed E-state index contributed by atoms with van der Waals surface area (Å²) >= 11 is 0. The van der Waals surface area contributed by atoms with Crippen molar-refractivity contribution in [3.63, 3.8) is 0 Å². The van der Waals surface area contributed by atoms with E-state index in [1.807, 2.05) is 0 Å². The maximum absolute atomic E-state index is 2.59. The maximum atomic E-state index is 2.59. The van der Waals surface area contributed by atoms with Crippen LogP contribution in [0.2, 0.25) is 0 Å². The number of rotatable bonds is 1. The van der Waals surface area contributed by atoms with Gasteiger partial charge >= 0.3 is 0 Å². The van der Waals surface area contributed by atoms with Crippen LogP contribution in [0.1, 0.15) is 6.92 Å². The van der Waals surface area contributed by atoms with Gasteiger partial charge in [-0.05, 0) is 6.92 Å². The van der Waals surface area contributed by atoms with Crippen LogP contribution >= 0.6 is 0 Å². The predicted octanol–water partition coefficient (Wildman–Crippen LogP) is -2.84. The van der Waals surface area contributed by atoms with Crippen molar-refractivity contribution in [2.24, 2.45) is 0 Å². The molecule has 0 unspecified atom stereocenters. The SMILES string of the molecule is CC[N+]12CCN(CC1)CC2.[Br-]. The third-order valence-electron chi connectivity index (χ3n) is 3.34. The lowest BCUT2D eigenvalue weighted by atomic mass is 10.1. The monoisotopic (exact) mass is 220 g/mol. The molecule has 0 aromatic heterocycles. The van der Waals surface area contributed by atoms with Crippen molar-refractivity contribution in [2.45, 2.75) is 6.92 Å². The molecule has 0 radical (unpaired) electrons. The van der Waals surface area contributed by atoms with Gasteiger partial charge in [0.1, 0.15) is 0 Å². The second-order valence-electron chi connectivity index (χ2n) is 3.67. The molecule has 3 fully saturated rings. The van der Waals surface area contributed by atoms with Crippen LogP contribution in [0.25, 0.3) is 0 Å². The largest absolute Gasteiger partial charge is 1.00 e. The minimum Gasteiger partial charge on any atom is -1.00 e. The molecule has 66 valence electrons. The van der Waals surface area contributed by atoms with Crippen molar-refractivity contribution in [1.29, 1.82) is 0 Å². The van der Waals surface area contributed by atoms with Gasteiger partial charge in [-0.25, -0.2) is 0 Å². The molecule has 3 saturated heterocycles. The first-order valence-corrected chi connectivity index (χ1v) is 4.42. The number of hydrogen-bond donors (Lipinski definition) is 0. The molecule has 0 aliphatic carbocycles. The second kappa shape index (κ2) is 3.42. The Morgan fingerprint density at radius 3 is 1.82 bits per heavy atom. The molecule has 0 atom stereocenters. The van der Waals surface area contributed by atoms with E-state index in [9.17, 15) is 0 Å². The summed E-state index contributed by atoms with van der Waals surface area (Å²) < 4.78 is 1.41. The van der Waals surface area contributed by atoms with Crippen LogP contribution in [0.4, 0.5) is 0 Å². The zero-order valence-corrected chi connectivity index (χ0v) is 8.81. The molecule has 0 saturated carbocycles. The molecule has 0 spiro atoms. The van der Waals surface area contributed by atoms with Crippen molar-refractivity contribution < 1.29 is 21.5 Å². The summed E-state index contributed by atoms with van der Waals surface area (Å²) in [6.07, 6.45) is 0. The number of nitrogens with zero attached hydrogens (tertiary/aromatic N) is 2. The number of halogens is 1. The molecule has 0 aromatic rings. The summed E-state index contributed by atoms with van der Waals surface area (Å²) in [5, 5.41) is 0. The molecular formula is C8H17BrN2. The average Bonchev–Trinajstić information content (AvgIpc) is 2.08. The van der Waals surface area contributed by atoms with Gasteiger partial charge in [0.2, 0.25) is 0 Å². The van der Waals surface area contributed by atoms with Crippen molar-refractivity contribution in [1.82, 2.24) is 4.90 Å². The summed E-state index contributed by atoms with van der Waals surface area (Å²) in [6.45, 7) is 12.0. The zero-order chi connectivity index (χ0) is 7.03. The van der Waals surface area contributed by atoms with Crippen LogP contribution in [0.5, 0.6) is 0 Å². The number of likely N-dealkylation sites (N-methyl/N-ethyl adjacent to an activating group) is 1. The Morgan fingerprint density at radius 2 is 1.55 bits per heavy atom. The van der Waals surface area contributed by atoms with Gasteiger partial charge in [-0.15, -0.1) is 0 Å². The fourth-order valence-corrected chi connectivity index (χ4v) is 2.21. The minimum absolute atomic E-state index is 0. The Hall–Kier alpha value is 0.400. The molecule has 3 rings (SSSR count). The predicted molar refractivity (Wildman–Crippen MR) is 41.8 cm³/mol. The standard InChI is InChI=1S/C8H17N2.BrH/c1-2-10-6-3-9(4-7-10)5-8-10;/h2-8H2,1H3;1H/q+1;/p-1. The molecule has 3 aliphatic heterocycles. The van der Waals surface area contributed by atoms with E-state index in [4.69, 9.17) is 0 Å². The molecule has 3 aliphatic rings. The lowest BCUT2D eigenvalue weighted by molar-refractivity contribution is -0.939. The summed E-state index contributed by atoms with van der Waals surface area (Å²) in [5.74, 6) is 0. The van der Waals surface area contributed by atoms with Crippen LogP contribution in [0.3, 0.4) is 0 Å². The molecule has 0 N–H and O–H groups in total. The van der Waals surface area contributed by atoms with Crippen LogP contribution in [0.15, 0.2) is 0 Å². The number of fused-ring (bicyclic) bond motifs is 3. The smallest absolute Gasteiger partial charge is 0.0916 e. The molecule has 3 heterocycles. The highest BCUT2D eigenvalue weighted by atomic mass is 79.9. The van der Waals surface area contributed by atoms with Gasteiger partial charge in [0.05, 0.1) is 26.2 Å². The number of hydrogen-bond acceptors (Lipinski definition) is 1. The molecule has 11 heavy (non-hydrogen) atoms. The maximum Gasteiger partial charge on any atom is 0.0916 e. The Balaban J connectivity index is 0.000000605. The lowest BCUT2D eigenvalue weighted by Crippen LogP contribution is -3.00. The van der Waals surface area contributed by atoms with Gasteiger partial charge in [-0.1, -0.05) is 0 Å². The molecule has 2 nitrogen and oxygen atoms in total. The van der Waals surface area contributed by atoms with Gasteiger partial charge in [0, 0.05) is 19.6 Å². The minimum atomic E-state index is 0. The fourth-order valence-electron chi connectivity index (χ4n) is 2.21. The first-order valence-electron chi connectivity index (χ1n) is 4.42. The van der Waals surface area contributed by atoms with Gasteiger partial charge in [-0.3, -0.25) is 4.90 Å². The Morgan fingerprint density at radius 1 is 1.09 bits per heavy atom. The molecule has 0 amide bonds. The summed E-state index contributed by atoms with van der Waals surface area (Å²) in [4.78, 5) is 2.59. The van der Waals surface area contributed by atoms with Crippen molar-refractivity contribution in [2.75, 3.05) is 45.8 Å². The summed E-state index contributed by atoms with van der Waals surface area (Å²) in [5.41, 5.74) is 0. The van der Waals surface area contributed by atoms with E-state index in [1.165, 1.54) is 50.3 Å². The van der Waals surface area contributed by atoms with Crippen molar-refractivity contribution in [3.05, 3.63) is 0 Å². The van der Waals surface area contributed by atoms with E-state index < -0.39 is 0 Å². The number of quaternary nitrogens is 1. The third-order valence-corrected chi connectivity index (χ3v) is 3.34. The van der Waals surface area contributed by atoms with E-state index in [0.717, 1.165) is 0 Å². The second-order valence-corrected chi connectivity index (χ2v) is 3.67. The Bertz CT molecular complexity index is 116. The first kappa shape index (κ1) is 9.49. The van der Waals surface area contributed by atoms with Crippen molar-refractivity contribution in [3.8, 4) is 0 Å². The zero-order valence-electron chi connectivity index (χ0n) is 7.22. The Kier molecular flexibility index (Phi) is 2.95. The van der Waals surface area contributed by atoms with Gasteiger partial charge in [0.25, 0.3) is 0 Å². The highest BCUT2D eigenvalue weighted by Gasteiger charge is 2.36. The average molecular weight is 221 g/mol. The van der Waals surface area contributed by atoms with E-state index in [1.54, 1.807) is 0 Å². The first-order chi connectivity index (χ1) is 4.85. The van der Waals surface area contributed by atoms with Crippen LogP contribution in [-0.2, 0) is 0 Å². The topological polar surface area (TPSA) is 3.24 Å². The van der Waals surface area contributed by atoms with E-state index in [0.29, 0.717) is 0 Å². The van der Waals surface area contributed by atoms with Crippen LogP contribution in [0, 0.1) is 0 Å².